The van der Waals surface area contributed by atoms with Gasteiger partial charge in [-0.1, -0.05) is 6.07 Å². The van der Waals surface area contributed by atoms with Gasteiger partial charge in [-0.2, -0.15) is 0 Å². The molecule has 1 aromatic carbocycles. The fourth-order valence-corrected chi connectivity index (χ4v) is 3.42. The van der Waals surface area contributed by atoms with Crippen LogP contribution in [0.3, 0.4) is 0 Å². The number of primary amides is 1. The maximum atomic E-state index is 11.9. The molecule has 5 nitrogen and oxygen atoms in total. The van der Waals surface area contributed by atoms with E-state index in [4.69, 9.17) is 10.5 Å². The first kappa shape index (κ1) is 14.9. The number of nitrogens with one attached hydrogen (secondary N) is 1. The normalized spacial score (nSPS) is 25.7. The summed E-state index contributed by atoms with van der Waals surface area (Å²) in [7, 11) is 0. The molecule has 0 aromatic heterocycles. The zero-order valence-corrected chi connectivity index (χ0v) is 13.2. The maximum absolute atomic E-state index is 11.9. The van der Waals surface area contributed by atoms with Crippen LogP contribution in [0.4, 0.5) is 4.79 Å². The van der Waals surface area contributed by atoms with Gasteiger partial charge in [0.2, 0.25) is 5.91 Å². The summed E-state index contributed by atoms with van der Waals surface area (Å²) in [6.45, 7) is 5.54. The van der Waals surface area contributed by atoms with Gasteiger partial charge in [-0.3, -0.25) is 4.79 Å². The first-order valence-electron chi connectivity index (χ1n) is 7.64. The van der Waals surface area contributed by atoms with Crippen LogP contribution in [-0.4, -0.2) is 23.6 Å². The number of rotatable bonds is 2. The topological polar surface area (TPSA) is 81.4 Å². The van der Waals surface area contributed by atoms with Gasteiger partial charge in [-0.25, -0.2) is 4.79 Å². The van der Waals surface area contributed by atoms with Gasteiger partial charge in [0.15, 0.2) is 0 Å². The number of benzene rings is 1. The SMILES string of the molecule is CC(C)(C)OC(=O)NC1CC12CCc1ccc(C(N)=O)cc12. The van der Waals surface area contributed by atoms with Crippen molar-refractivity contribution in [1.29, 1.82) is 0 Å². The molecule has 2 atom stereocenters. The molecule has 118 valence electrons. The fourth-order valence-electron chi connectivity index (χ4n) is 3.42. The number of alkyl carbamates (subject to hydrolysis) is 1. The molecule has 0 heterocycles. The number of carbonyl (C=O) groups excluding carboxylic acids is 2. The number of fused-ring (bicyclic) bond motifs is 2. The van der Waals surface area contributed by atoms with E-state index >= 15 is 0 Å². The number of aryl methyl sites for hydroxylation is 1. The van der Waals surface area contributed by atoms with Gasteiger partial charge >= 0.3 is 6.09 Å². The number of hydrogen-bond acceptors (Lipinski definition) is 3. The van der Waals surface area contributed by atoms with Crippen LogP contribution in [-0.2, 0) is 16.6 Å². The van der Waals surface area contributed by atoms with Gasteiger partial charge in [-0.05, 0) is 63.3 Å². The van der Waals surface area contributed by atoms with Crippen molar-refractivity contribution >= 4 is 12.0 Å². The molecule has 3 N–H and O–H groups in total. The Morgan fingerprint density at radius 2 is 2.09 bits per heavy atom. The van der Waals surface area contributed by atoms with Crippen LogP contribution in [0.25, 0.3) is 0 Å². The molecule has 1 saturated carbocycles. The van der Waals surface area contributed by atoms with E-state index in [9.17, 15) is 9.59 Å². The molecular formula is C17H22N2O3. The summed E-state index contributed by atoms with van der Waals surface area (Å²) in [5.41, 5.74) is 7.76. The molecule has 2 amide bonds. The summed E-state index contributed by atoms with van der Waals surface area (Å²) in [5, 5.41) is 2.96. The summed E-state index contributed by atoms with van der Waals surface area (Å²) >= 11 is 0. The lowest BCUT2D eigenvalue weighted by atomic mass is 9.95. The van der Waals surface area contributed by atoms with Crippen molar-refractivity contribution in [3.8, 4) is 0 Å². The second-order valence-electron chi connectivity index (χ2n) is 7.30. The van der Waals surface area contributed by atoms with E-state index in [1.165, 1.54) is 5.56 Å². The van der Waals surface area contributed by atoms with Crippen LogP contribution in [0, 0.1) is 0 Å². The summed E-state index contributed by atoms with van der Waals surface area (Å²) in [6.07, 6.45) is 2.47. The van der Waals surface area contributed by atoms with Crippen LogP contribution in [0.2, 0.25) is 0 Å². The van der Waals surface area contributed by atoms with E-state index in [1.54, 1.807) is 6.07 Å². The van der Waals surface area contributed by atoms with Crippen LogP contribution in [0.1, 0.15) is 55.1 Å². The zero-order chi connectivity index (χ0) is 16.1. The third-order valence-electron chi connectivity index (χ3n) is 4.54. The average Bonchev–Trinajstić information content (AvgIpc) is 2.93. The molecule has 1 aromatic rings. The van der Waals surface area contributed by atoms with Crippen LogP contribution in [0.5, 0.6) is 0 Å². The number of carbonyl (C=O) groups is 2. The van der Waals surface area contributed by atoms with E-state index in [0.29, 0.717) is 5.56 Å². The average molecular weight is 302 g/mol. The second-order valence-corrected chi connectivity index (χ2v) is 7.30. The first-order chi connectivity index (χ1) is 10.2. The highest BCUT2D eigenvalue weighted by Gasteiger charge is 2.59. The lowest BCUT2D eigenvalue weighted by molar-refractivity contribution is 0.0519. The Kier molecular flexibility index (Phi) is 3.20. The first-order valence-corrected chi connectivity index (χ1v) is 7.64. The van der Waals surface area contributed by atoms with Gasteiger partial charge in [-0.15, -0.1) is 0 Å². The minimum absolute atomic E-state index is 0.0440. The van der Waals surface area contributed by atoms with Gasteiger partial charge in [0.05, 0.1) is 0 Å². The highest BCUT2D eigenvalue weighted by molar-refractivity contribution is 5.93. The zero-order valence-electron chi connectivity index (χ0n) is 13.2. The van der Waals surface area contributed by atoms with Crippen molar-refractivity contribution < 1.29 is 14.3 Å². The van der Waals surface area contributed by atoms with Gasteiger partial charge in [0.1, 0.15) is 5.60 Å². The quantitative estimate of drug-likeness (QED) is 0.879. The molecule has 22 heavy (non-hydrogen) atoms. The van der Waals surface area contributed by atoms with Crippen LogP contribution >= 0.6 is 0 Å². The Hall–Kier alpha value is -2.04. The Morgan fingerprint density at radius 3 is 2.73 bits per heavy atom. The molecule has 3 rings (SSSR count). The largest absolute Gasteiger partial charge is 0.444 e. The summed E-state index contributed by atoms with van der Waals surface area (Å²) in [5.74, 6) is -0.415. The minimum Gasteiger partial charge on any atom is -0.444 e. The van der Waals surface area contributed by atoms with E-state index in [-0.39, 0.29) is 17.6 Å². The summed E-state index contributed by atoms with van der Waals surface area (Å²) < 4.78 is 5.32. The van der Waals surface area contributed by atoms with Crippen molar-refractivity contribution in [3.63, 3.8) is 0 Å². The van der Waals surface area contributed by atoms with E-state index in [2.05, 4.69) is 5.32 Å². The molecule has 0 radical (unpaired) electrons. The summed E-state index contributed by atoms with van der Waals surface area (Å²) in [6, 6.07) is 5.72. The van der Waals surface area contributed by atoms with Crippen LogP contribution < -0.4 is 11.1 Å². The Bertz CT molecular complexity index is 648. The van der Waals surface area contributed by atoms with Crippen LogP contribution in [0.15, 0.2) is 18.2 Å². The predicted octanol–water partition coefficient (Wildman–Crippen LogP) is 2.27. The standard InChI is InChI=1S/C17H22N2O3/c1-16(2,3)22-15(21)19-13-9-17(13)7-6-10-4-5-11(14(18)20)8-12(10)17/h4-5,8,13H,6-7,9H2,1-3H3,(H2,18,20)(H,19,21). The van der Waals surface area contributed by atoms with E-state index in [0.717, 1.165) is 24.8 Å². The van der Waals surface area contributed by atoms with Crippen molar-refractivity contribution in [3.05, 3.63) is 34.9 Å². The van der Waals surface area contributed by atoms with Crippen molar-refractivity contribution in [2.75, 3.05) is 0 Å². The monoisotopic (exact) mass is 302 g/mol. The molecule has 0 saturated heterocycles. The Morgan fingerprint density at radius 1 is 1.36 bits per heavy atom. The van der Waals surface area contributed by atoms with Crippen molar-refractivity contribution in [2.24, 2.45) is 5.73 Å². The molecular weight excluding hydrogens is 280 g/mol. The second kappa shape index (κ2) is 4.73. The predicted molar refractivity (Wildman–Crippen MR) is 82.7 cm³/mol. The number of amides is 2. The van der Waals surface area contributed by atoms with Gasteiger partial charge in [0, 0.05) is 17.0 Å². The molecule has 2 aliphatic carbocycles. The lowest BCUT2D eigenvalue weighted by Gasteiger charge is -2.20. The maximum Gasteiger partial charge on any atom is 0.407 e. The van der Waals surface area contributed by atoms with Gasteiger partial charge in [0.25, 0.3) is 0 Å². The number of hydrogen-bond donors (Lipinski definition) is 2. The highest BCUT2D eigenvalue weighted by atomic mass is 16.6. The molecule has 5 heteroatoms. The molecule has 1 fully saturated rings. The molecule has 0 aliphatic heterocycles. The third kappa shape index (κ3) is 2.56. The molecule has 0 bridgehead atoms. The molecule has 1 spiro atoms. The fraction of sp³-hybridized carbons (Fsp3) is 0.529. The van der Waals surface area contributed by atoms with E-state index in [1.807, 2.05) is 32.9 Å². The summed E-state index contributed by atoms with van der Waals surface area (Å²) in [4.78, 5) is 23.3. The third-order valence-corrected chi connectivity index (χ3v) is 4.54. The highest BCUT2D eigenvalue weighted by Crippen LogP contribution is 2.57. The number of nitrogens with two attached hydrogens (primary N) is 1. The molecule has 2 aliphatic rings. The van der Waals surface area contributed by atoms with Crippen molar-refractivity contribution in [1.82, 2.24) is 5.32 Å². The Labute approximate surface area is 130 Å². The number of ether oxygens (including phenoxy) is 1. The molecule has 2 unspecified atom stereocenters. The van der Waals surface area contributed by atoms with E-state index < -0.39 is 11.5 Å². The van der Waals surface area contributed by atoms with Crippen molar-refractivity contribution in [2.45, 2.75) is 57.1 Å². The Balaban J connectivity index is 1.75. The van der Waals surface area contributed by atoms with Gasteiger partial charge < -0.3 is 15.8 Å². The smallest absolute Gasteiger partial charge is 0.407 e. The minimum atomic E-state index is -0.501. The lowest BCUT2D eigenvalue weighted by Crippen LogP contribution is -2.36.